The standard InChI is InChI=1S/C25H29N3O6S/c29-24(25(30,18-8-4-5-9-18)17-6-2-1-3-7-17)26-14-21-22-15-27(16-23(21)22)35(33,34)20-12-10-19(11-13-20)28(31)32/h1-3,6-7,10-13,18,21-23,30H,4-5,8-9,14-16H2,(H,26,29). The molecule has 2 N–H and O–H groups in total. The fourth-order valence-electron chi connectivity index (χ4n) is 5.93. The molecular weight excluding hydrogens is 470 g/mol. The second kappa shape index (κ2) is 9.00. The highest BCUT2D eigenvalue weighted by Crippen LogP contribution is 2.52. The first-order valence-electron chi connectivity index (χ1n) is 12.0. The number of piperidine rings is 1. The van der Waals surface area contributed by atoms with E-state index >= 15 is 0 Å². The van der Waals surface area contributed by atoms with Crippen molar-refractivity contribution in [2.24, 2.45) is 23.7 Å². The molecule has 1 amide bonds. The van der Waals surface area contributed by atoms with Crippen LogP contribution in [0.15, 0.2) is 59.5 Å². The normalized spacial score (nSPS) is 26.1. The van der Waals surface area contributed by atoms with Crippen LogP contribution >= 0.6 is 0 Å². The molecule has 5 rings (SSSR count). The summed E-state index contributed by atoms with van der Waals surface area (Å²) in [7, 11) is -3.73. The third-order valence-corrected chi connectivity index (χ3v) is 9.87. The summed E-state index contributed by atoms with van der Waals surface area (Å²) in [6, 6.07) is 14.0. The van der Waals surface area contributed by atoms with Gasteiger partial charge in [0, 0.05) is 37.7 Å². The molecule has 2 aromatic carbocycles. The molecule has 2 aromatic rings. The van der Waals surface area contributed by atoms with Gasteiger partial charge >= 0.3 is 0 Å². The topological polar surface area (TPSA) is 130 Å². The number of nitrogens with zero attached hydrogens (tertiary/aromatic N) is 2. The molecule has 9 nitrogen and oxygen atoms in total. The van der Waals surface area contributed by atoms with Crippen LogP contribution in [0, 0.1) is 33.8 Å². The summed E-state index contributed by atoms with van der Waals surface area (Å²) in [5.41, 5.74) is -1.11. The summed E-state index contributed by atoms with van der Waals surface area (Å²) in [6.45, 7) is 1.12. The zero-order chi connectivity index (χ0) is 24.8. The number of hydrogen-bond donors (Lipinski definition) is 2. The average molecular weight is 500 g/mol. The quantitative estimate of drug-likeness (QED) is 0.424. The molecule has 1 aliphatic heterocycles. The minimum absolute atomic E-state index is 0.0405. The van der Waals surface area contributed by atoms with Gasteiger partial charge in [-0.3, -0.25) is 14.9 Å². The number of benzene rings is 2. The first-order chi connectivity index (χ1) is 16.7. The number of amides is 1. The molecule has 0 radical (unpaired) electrons. The minimum atomic E-state index is -3.73. The molecule has 0 aromatic heterocycles. The average Bonchev–Trinajstić information content (AvgIpc) is 3.26. The van der Waals surface area contributed by atoms with Gasteiger partial charge in [-0.25, -0.2) is 8.42 Å². The van der Waals surface area contributed by atoms with Gasteiger partial charge in [0.25, 0.3) is 11.6 Å². The summed E-state index contributed by atoms with van der Waals surface area (Å²) in [5, 5.41) is 25.4. The fourth-order valence-corrected chi connectivity index (χ4v) is 7.45. The van der Waals surface area contributed by atoms with Crippen molar-refractivity contribution in [3.05, 3.63) is 70.3 Å². The smallest absolute Gasteiger partial charge is 0.269 e. The molecule has 10 heteroatoms. The van der Waals surface area contributed by atoms with Crippen LogP contribution in [0.25, 0.3) is 0 Å². The highest BCUT2D eigenvalue weighted by atomic mass is 32.2. The van der Waals surface area contributed by atoms with Crippen molar-refractivity contribution in [3.8, 4) is 0 Å². The van der Waals surface area contributed by atoms with Gasteiger partial charge in [-0.05, 0) is 48.3 Å². The molecular formula is C25H29N3O6S. The van der Waals surface area contributed by atoms with Gasteiger partial charge in [-0.15, -0.1) is 0 Å². The lowest BCUT2D eigenvalue weighted by Gasteiger charge is -2.33. The third-order valence-electron chi connectivity index (χ3n) is 8.03. The van der Waals surface area contributed by atoms with E-state index in [1.165, 1.54) is 28.6 Å². The number of aliphatic hydroxyl groups is 1. The van der Waals surface area contributed by atoms with Gasteiger partial charge in [-0.1, -0.05) is 43.2 Å². The number of sulfonamides is 1. The minimum Gasteiger partial charge on any atom is -0.375 e. The zero-order valence-corrected chi connectivity index (χ0v) is 20.1. The maximum Gasteiger partial charge on any atom is 0.269 e. The summed E-state index contributed by atoms with van der Waals surface area (Å²) in [5.74, 6) is -0.0217. The summed E-state index contributed by atoms with van der Waals surface area (Å²) >= 11 is 0. The predicted molar refractivity (Wildman–Crippen MR) is 128 cm³/mol. The van der Waals surface area contributed by atoms with Crippen molar-refractivity contribution in [1.82, 2.24) is 9.62 Å². The Labute approximate surface area is 204 Å². The van der Waals surface area contributed by atoms with Crippen LogP contribution in [-0.2, 0) is 20.4 Å². The van der Waals surface area contributed by atoms with Gasteiger partial charge in [-0.2, -0.15) is 4.31 Å². The van der Waals surface area contributed by atoms with Gasteiger partial charge in [0.15, 0.2) is 5.60 Å². The van der Waals surface area contributed by atoms with Crippen molar-refractivity contribution in [2.45, 2.75) is 36.2 Å². The fraction of sp³-hybridized carbons (Fsp3) is 0.480. The van der Waals surface area contributed by atoms with E-state index in [1.54, 1.807) is 12.1 Å². The van der Waals surface area contributed by atoms with Crippen LogP contribution in [0.1, 0.15) is 31.2 Å². The number of carbonyl (C=O) groups excluding carboxylic acids is 1. The Bertz CT molecular complexity index is 1200. The van der Waals surface area contributed by atoms with Crippen molar-refractivity contribution < 1.29 is 23.2 Å². The van der Waals surface area contributed by atoms with Crippen molar-refractivity contribution in [2.75, 3.05) is 19.6 Å². The molecule has 2 saturated carbocycles. The van der Waals surface area contributed by atoms with E-state index in [0.717, 1.165) is 25.7 Å². The Kier molecular flexibility index (Phi) is 6.14. The Morgan fingerprint density at radius 1 is 1.06 bits per heavy atom. The summed E-state index contributed by atoms with van der Waals surface area (Å²) in [6.07, 6.45) is 3.61. The van der Waals surface area contributed by atoms with Crippen molar-refractivity contribution in [3.63, 3.8) is 0 Å². The predicted octanol–water partition coefficient (Wildman–Crippen LogP) is 2.66. The van der Waals surface area contributed by atoms with Gasteiger partial charge in [0.05, 0.1) is 9.82 Å². The van der Waals surface area contributed by atoms with Gasteiger partial charge in [0.1, 0.15) is 0 Å². The molecule has 3 fully saturated rings. The van der Waals surface area contributed by atoms with E-state index in [0.29, 0.717) is 25.2 Å². The molecule has 35 heavy (non-hydrogen) atoms. The van der Waals surface area contributed by atoms with E-state index in [-0.39, 0.29) is 40.2 Å². The maximum atomic E-state index is 13.3. The number of carbonyl (C=O) groups is 1. The SMILES string of the molecule is O=C(NCC1C2CN(S(=O)(=O)c3ccc([N+](=O)[O-])cc3)CC12)C(O)(c1ccccc1)C1CCCC1. The van der Waals surface area contributed by atoms with Gasteiger partial charge < -0.3 is 10.4 Å². The van der Waals surface area contributed by atoms with E-state index in [2.05, 4.69) is 5.32 Å². The van der Waals surface area contributed by atoms with Crippen molar-refractivity contribution >= 4 is 21.6 Å². The van der Waals surface area contributed by atoms with Crippen LogP contribution in [0.2, 0.25) is 0 Å². The third kappa shape index (κ3) is 4.23. The number of non-ortho nitro benzene ring substituents is 1. The lowest BCUT2D eigenvalue weighted by atomic mass is 9.79. The largest absolute Gasteiger partial charge is 0.375 e. The number of rotatable bonds is 8. The molecule has 1 heterocycles. The monoisotopic (exact) mass is 499 g/mol. The van der Waals surface area contributed by atoms with E-state index in [4.69, 9.17) is 0 Å². The lowest BCUT2D eigenvalue weighted by Crippen LogP contribution is -2.49. The number of nitro benzene ring substituents is 1. The van der Waals surface area contributed by atoms with Crippen molar-refractivity contribution in [1.29, 1.82) is 0 Å². The Hall–Kier alpha value is -2.82. The molecule has 0 spiro atoms. The van der Waals surface area contributed by atoms with E-state index < -0.39 is 20.5 Å². The lowest BCUT2D eigenvalue weighted by molar-refractivity contribution is -0.384. The van der Waals surface area contributed by atoms with Crippen LogP contribution in [0.4, 0.5) is 5.69 Å². The van der Waals surface area contributed by atoms with Crippen LogP contribution in [-0.4, -0.2) is 48.3 Å². The number of nitrogens with one attached hydrogen (secondary N) is 1. The number of hydrogen-bond acceptors (Lipinski definition) is 6. The molecule has 1 saturated heterocycles. The molecule has 3 unspecified atom stereocenters. The van der Waals surface area contributed by atoms with Gasteiger partial charge in [0.2, 0.25) is 10.0 Å². The highest BCUT2D eigenvalue weighted by molar-refractivity contribution is 7.89. The zero-order valence-electron chi connectivity index (χ0n) is 19.2. The van der Waals surface area contributed by atoms with E-state index in [9.17, 15) is 28.4 Å². The highest BCUT2D eigenvalue weighted by Gasteiger charge is 2.58. The first kappa shape index (κ1) is 23.9. The summed E-state index contributed by atoms with van der Waals surface area (Å²) < 4.78 is 27.3. The molecule has 3 atom stereocenters. The first-order valence-corrected chi connectivity index (χ1v) is 13.5. The Balaban J connectivity index is 1.20. The molecule has 2 aliphatic carbocycles. The van der Waals surface area contributed by atoms with Crippen LogP contribution in [0.3, 0.4) is 0 Å². The number of fused-ring (bicyclic) bond motifs is 1. The molecule has 0 bridgehead atoms. The van der Waals surface area contributed by atoms with E-state index in [1.807, 2.05) is 18.2 Å². The summed E-state index contributed by atoms with van der Waals surface area (Å²) in [4.78, 5) is 23.6. The maximum absolute atomic E-state index is 13.3. The second-order valence-corrected chi connectivity index (χ2v) is 11.8. The number of nitro groups is 1. The molecule has 3 aliphatic rings. The Morgan fingerprint density at radius 2 is 1.66 bits per heavy atom. The Morgan fingerprint density at radius 3 is 2.23 bits per heavy atom. The van der Waals surface area contributed by atoms with Crippen LogP contribution in [0.5, 0.6) is 0 Å². The van der Waals surface area contributed by atoms with Crippen LogP contribution < -0.4 is 5.32 Å². The molecule has 186 valence electrons. The second-order valence-electron chi connectivity index (χ2n) is 9.89.